The van der Waals surface area contributed by atoms with Gasteiger partial charge in [0.05, 0.1) is 22.1 Å². The zero-order valence-electron chi connectivity index (χ0n) is 29.4. The van der Waals surface area contributed by atoms with Gasteiger partial charge in [-0.15, -0.1) is 11.3 Å². The molecule has 0 aliphatic rings. The van der Waals surface area contributed by atoms with Crippen LogP contribution >= 0.6 is 11.3 Å². The van der Waals surface area contributed by atoms with Crippen molar-refractivity contribution in [3.63, 3.8) is 0 Å². The molecule has 8 aromatic carbocycles. The van der Waals surface area contributed by atoms with Crippen molar-refractivity contribution >= 4 is 85.9 Å². The molecule has 4 aromatic heterocycles. The van der Waals surface area contributed by atoms with Crippen molar-refractivity contribution in [2.24, 2.45) is 0 Å². The maximum Gasteiger partial charge on any atom is 0.238 e. The van der Waals surface area contributed by atoms with Crippen molar-refractivity contribution < 1.29 is 0 Å². The number of nitrogens with zero attached hydrogens (tertiary/aromatic N) is 5. The van der Waals surface area contributed by atoms with Crippen molar-refractivity contribution in [1.82, 2.24) is 24.1 Å². The Morgan fingerprint density at radius 1 is 0.345 bits per heavy atom. The number of thiophene rings is 1. The quantitative estimate of drug-likeness (QED) is 0.182. The normalized spacial score (nSPS) is 12.0. The summed E-state index contributed by atoms with van der Waals surface area (Å²) in [5.41, 5.74) is 7.45. The highest BCUT2D eigenvalue weighted by Gasteiger charge is 2.21. The van der Waals surface area contributed by atoms with Crippen molar-refractivity contribution in [1.29, 1.82) is 0 Å². The van der Waals surface area contributed by atoms with Gasteiger partial charge < -0.3 is 4.57 Å². The van der Waals surface area contributed by atoms with E-state index in [2.05, 4.69) is 167 Å². The molecule has 55 heavy (non-hydrogen) atoms. The number of hydrogen-bond donors (Lipinski definition) is 0. The first-order valence-corrected chi connectivity index (χ1v) is 19.3. The van der Waals surface area contributed by atoms with E-state index < -0.39 is 0 Å². The average molecular weight is 720 g/mol. The summed E-state index contributed by atoms with van der Waals surface area (Å²) in [7, 11) is 0. The van der Waals surface area contributed by atoms with Gasteiger partial charge in [-0.3, -0.25) is 4.57 Å². The van der Waals surface area contributed by atoms with Crippen molar-refractivity contribution in [2.45, 2.75) is 0 Å². The van der Waals surface area contributed by atoms with Gasteiger partial charge in [0.1, 0.15) is 0 Å². The van der Waals surface area contributed by atoms with Crippen LogP contribution in [0.25, 0.3) is 109 Å². The van der Waals surface area contributed by atoms with Crippen LogP contribution in [0.2, 0.25) is 0 Å². The Morgan fingerprint density at radius 3 is 1.73 bits per heavy atom. The molecular formula is C49H29N5S. The van der Waals surface area contributed by atoms with Crippen LogP contribution in [0.4, 0.5) is 0 Å². The Hall–Kier alpha value is -7.15. The molecule has 0 fully saturated rings. The number of benzene rings is 8. The molecule has 0 spiro atoms. The molecule has 0 atom stereocenters. The van der Waals surface area contributed by atoms with Crippen LogP contribution in [0.1, 0.15) is 0 Å². The molecule has 6 heteroatoms. The summed E-state index contributed by atoms with van der Waals surface area (Å²) in [4.78, 5) is 15.7. The summed E-state index contributed by atoms with van der Waals surface area (Å²) in [6.45, 7) is 0. The standard InChI is InChI=1S/C49H29N5S/c1-2-13-31(14-3-1)47-50-48(33-23-25-46-40(27-33)37-18-8-11-21-45(37)55-46)52-49(51-47)54-42-20-10-7-17-36(42)39-28-43-38(29-44(39)54)35-16-6-9-19-41(35)53(43)34-24-22-30-12-4-5-15-32(30)26-34/h1-29H. The third-order valence-corrected chi connectivity index (χ3v) is 12.1. The van der Waals surface area contributed by atoms with E-state index in [-0.39, 0.29) is 0 Å². The summed E-state index contributed by atoms with van der Waals surface area (Å²) in [6.07, 6.45) is 0. The highest BCUT2D eigenvalue weighted by molar-refractivity contribution is 7.25. The lowest BCUT2D eigenvalue weighted by molar-refractivity contribution is 0.954. The molecule has 4 heterocycles. The molecule has 256 valence electrons. The fraction of sp³-hybridized carbons (Fsp3) is 0. The van der Waals surface area contributed by atoms with Gasteiger partial charge in [0.15, 0.2) is 11.6 Å². The van der Waals surface area contributed by atoms with E-state index in [1.54, 1.807) is 0 Å². The van der Waals surface area contributed by atoms with Crippen LogP contribution in [-0.2, 0) is 0 Å². The Kier molecular flexibility index (Phi) is 6.44. The second kappa shape index (κ2) is 11.7. The van der Waals surface area contributed by atoms with Crippen LogP contribution < -0.4 is 0 Å². The number of hydrogen-bond acceptors (Lipinski definition) is 4. The lowest BCUT2D eigenvalue weighted by atomic mass is 10.1. The van der Waals surface area contributed by atoms with Gasteiger partial charge in [-0.25, -0.2) is 4.98 Å². The summed E-state index contributed by atoms with van der Waals surface area (Å²) in [5.74, 6) is 1.86. The summed E-state index contributed by atoms with van der Waals surface area (Å²) < 4.78 is 7.15. The van der Waals surface area contributed by atoms with Gasteiger partial charge in [0.2, 0.25) is 5.95 Å². The molecule has 0 saturated heterocycles. The zero-order valence-corrected chi connectivity index (χ0v) is 30.2. The first-order chi connectivity index (χ1) is 27.2. The molecule has 5 nitrogen and oxygen atoms in total. The van der Waals surface area contributed by atoms with Gasteiger partial charge in [0.25, 0.3) is 0 Å². The molecule has 12 rings (SSSR count). The summed E-state index contributed by atoms with van der Waals surface area (Å²) in [5, 5.41) is 9.56. The molecular weight excluding hydrogens is 691 g/mol. The largest absolute Gasteiger partial charge is 0.309 e. The lowest BCUT2D eigenvalue weighted by Crippen LogP contribution is -2.06. The van der Waals surface area contributed by atoms with E-state index in [0.717, 1.165) is 44.1 Å². The second-order valence-corrected chi connectivity index (χ2v) is 15.2. The van der Waals surface area contributed by atoms with E-state index in [4.69, 9.17) is 15.0 Å². The van der Waals surface area contributed by atoms with Crippen molar-refractivity contribution in [3.8, 4) is 34.4 Å². The van der Waals surface area contributed by atoms with E-state index >= 15 is 0 Å². The fourth-order valence-corrected chi connectivity index (χ4v) is 9.50. The van der Waals surface area contributed by atoms with Gasteiger partial charge in [-0.1, -0.05) is 115 Å². The van der Waals surface area contributed by atoms with Crippen molar-refractivity contribution in [2.75, 3.05) is 0 Å². The van der Waals surface area contributed by atoms with Crippen LogP contribution in [0.3, 0.4) is 0 Å². The molecule has 0 saturated carbocycles. The SMILES string of the molecule is c1ccc(-c2nc(-c3ccc4sc5ccccc5c4c3)nc(-n3c4ccccc4c4cc5c(cc43)c3ccccc3n5-c3ccc4ccccc4c3)n2)cc1. The first-order valence-electron chi connectivity index (χ1n) is 18.4. The molecule has 0 aliphatic heterocycles. The van der Waals surface area contributed by atoms with Crippen LogP contribution in [0, 0.1) is 0 Å². The third-order valence-electron chi connectivity index (χ3n) is 10.9. The van der Waals surface area contributed by atoms with Crippen LogP contribution in [-0.4, -0.2) is 24.1 Å². The minimum atomic E-state index is 0.586. The van der Waals surface area contributed by atoms with Gasteiger partial charge in [-0.05, 0) is 71.4 Å². The fourth-order valence-electron chi connectivity index (χ4n) is 8.42. The molecule has 0 aliphatic carbocycles. The molecule has 0 N–H and O–H groups in total. The third kappa shape index (κ3) is 4.62. The maximum absolute atomic E-state index is 5.31. The van der Waals surface area contributed by atoms with Gasteiger partial charge in [-0.2, -0.15) is 9.97 Å². The predicted octanol–water partition coefficient (Wildman–Crippen LogP) is 12.9. The zero-order chi connectivity index (χ0) is 36.0. The Balaban J connectivity index is 1.15. The molecule has 0 radical (unpaired) electrons. The Labute approximate surface area is 319 Å². The van der Waals surface area contributed by atoms with Crippen LogP contribution in [0.5, 0.6) is 0 Å². The summed E-state index contributed by atoms with van der Waals surface area (Å²) in [6, 6.07) is 62.7. The van der Waals surface area contributed by atoms with Gasteiger partial charge >= 0.3 is 0 Å². The molecule has 0 amide bonds. The van der Waals surface area contributed by atoms with Crippen LogP contribution in [0.15, 0.2) is 176 Å². The highest BCUT2D eigenvalue weighted by atomic mass is 32.1. The van der Waals surface area contributed by atoms with E-state index in [0.29, 0.717) is 17.6 Å². The van der Waals surface area contributed by atoms with E-state index in [1.807, 2.05) is 29.5 Å². The monoisotopic (exact) mass is 719 g/mol. The number of fused-ring (bicyclic) bond motifs is 10. The molecule has 0 unspecified atom stereocenters. The minimum absolute atomic E-state index is 0.586. The first kappa shape index (κ1) is 30.3. The number of aromatic nitrogens is 5. The average Bonchev–Trinajstić information content (AvgIpc) is 3.90. The second-order valence-electron chi connectivity index (χ2n) is 14.1. The minimum Gasteiger partial charge on any atom is -0.309 e. The lowest BCUT2D eigenvalue weighted by Gasteiger charge is -2.11. The number of para-hydroxylation sites is 2. The maximum atomic E-state index is 5.31. The van der Waals surface area contributed by atoms with Crippen molar-refractivity contribution in [3.05, 3.63) is 176 Å². The highest BCUT2D eigenvalue weighted by Crippen LogP contribution is 2.41. The summed E-state index contributed by atoms with van der Waals surface area (Å²) >= 11 is 1.81. The molecule has 12 aromatic rings. The smallest absolute Gasteiger partial charge is 0.238 e. The Bertz CT molecular complexity index is 3500. The number of rotatable bonds is 4. The van der Waals surface area contributed by atoms with E-state index in [1.165, 1.54) is 47.2 Å². The molecule has 0 bridgehead atoms. The van der Waals surface area contributed by atoms with Gasteiger partial charge in [0, 0.05) is 58.5 Å². The predicted molar refractivity (Wildman–Crippen MR) is 230 cm³/mol. The van der Waals surface area contributed by atoms with E-state index in [9.17, 15) is 0 Å². The Morgan fingerprint density at radius 2 is 0.945 bits per heavy atom. The topological polar surface area (TPSA) is 48.5 Å².